The summed E-state index contributed by atoms with van der Waals surface area (Å²) in [6, 6.07) is 9.15. The number of amides is 1. The molecule has 0 fully saturated rings. The number of para-hydroxylation sites is 1. The highest BCUT2D eigenvalue weighted by atomic mass is 16.5. The minimum atomic E-state index is -0.640. The summed E-state index contributed by atoms with van der Waals surface area (Å²) in [5, 5.41) is 12.3. The van der Waals surface area contributed by atoms with Crippen molar-refractivity contribution in [2.45, 2.75) is 45.4 Å². The van der Waals surface area contributed by atoms with Gasteiger partial charge in [-0.1, -0.05) is 26.0 Å². The van der Waals surface area contributed by atoms with Gasteiger partial charge in [0.1, 0.15) is 17.6 Å². The molecule has 6 heteroatoms. The van der Waals surface area contributed by atoms with Crippen LogP contribution in [-0.4, -0.2) is 27.6 Å². The van der Waals surface area contributed by atoms with E-state index in [2.05, 4.69) is 20.9 Å². The number of nitrogens with one attached hydrogen (secondary N) is 1. The van der Waals surface area contributed by atoms with Crippen molar-refractivity contribution >= 4 is 5.91 Å². The zero-order valence-corrected chi connectivity index (χ0v) is 14.5. The Morgan fingerprint density at radius 2 is 2.24 bits per heavy atom. The summed E-state index contributed by atoms with van der Waals surface area (Å²) in [7, 11) is 0. The van der Waals surface area contributed by atoms with E-state index in [1.54, 1.807) is 30.5 Å². The molecule has 0 radical (unpaired) electrons. The van der Waals surface area contributed by atoms with Crippen LogP contribution >= 0.6 is 0 Å². The van der Waals surface area contributed by atoms with Gasteiger partial charge in [0, 0.05) is 31.4 Å². The normalized spacial score (nSPS) is 17.4. The van der Waals surface area contributed by atoms with Crippen LogP contribution in [0.25, 0.3) is 0 Å². The molecule has 25 heavy (non-hydrogen) atoms. The van der Waals surface area contributed by atoms with Gasteiger partial charge in [-0.05, 0) is 24.5 Å². The van der Waals surface area contributed by atoms with Crippen LogP contribution in [0.3, 0.4) is 0 Å². The fourth-order valence-electron chi connectivity index (χ4n) is 3.06. The minimum Gasteiger partial charge on any atom is -0.479 e. The van der Waals surface area contributed by atoms with Crippen molar-refractivity contribution in [1.29, 1.82) is 5.26 Å². The molecule has 0 spiro atoms. The van der Waals surface area contributed by atoms with E-state index in [0.29, 0.717) is 11.3 Å². The third-order valence-electron chi connectivity index (χ3n) is 4.41. The molecule has 1 aromatic heterocycles. The van der Waals surface area contributed by atoms with E-state index >= 15 is 0 Å². The Morgan fingerprint density at radius 1 is 1.44 bits per heavy atom. The number of aryl methyl sites for hydroxylation is 1. The number of hydrogen-bond acceptors (Lipinski definition) is 4. The van der Waals surface area contributed by atoms with E-state index in [-0.39, 0.29) is 17.9 Å². The molecule has 1 N–H and O–H groups in total. The maximum atomic E-state index is 12.8. The van der Waals surface area contributed by atoms with Crippen molar-refractivity contribution in [2.24, 2.45) is 5.92 Å². The molecule has 0 bridgehead atoms. The predicted molar refractivity (Wildman–Crippen MR) is 92.9 cm³/mol. The minimum absolute atomic E-state index is 0.0147. The Bertz CT molecular complexity index is 791. The molecular formula is C19H22N4O2. The van der Waals surface area contributed by atoms with Crippen molar-refractivity contribution < 1.29 is 9.53 Å². The van der Waals surface area contributed by atoms with Crippen LogP contribution in [0.4, 0.5) is 0 Å². The zero-order valence-electron chi connectivity index (χ0n) is 14.5. The van der Waals surface area contributed by atoms with E-state index < -0.39 is 6.10 Å². The van der Waals surface area contributed by atoms with Crippen LogP contribution in [0.2, 0.25) is 0 Å². The Balaban J connectivity index is 1.68. The average molecular weight is 338 g/mol. The number of carbonyl (C=O) groups is 1. The summed E-state index contributed by atoms with van der Waals surface area (Å²) in [6.07, 6.45) is 4.80. The van der Waals surface area contributed by atoms with E-state index in [1.807, 2.05) is 20.0 Å². The Kier molecular flexibility index (Phi) is 5.03. The first kappa shape index (κ1) is 17.0. The molecule has 1 aliphatic heterocycles. The maximum absolute atomic E-state index is 12.8. The monoisotopic (exact) mass is 338 g/mol. The molecule has 6 nitrogen and oxygen atoms in total. The van der Waals surface area contributed by atoms with Gasteiger partial charge in [0.2, 0.25) is 0 Å². The fourth-order valence-corrected chi connectivity index (χ4v) is 3.06. The van der Waals surface area contributed by atoms with Crippen LogP contribution in [0.15, 0.2) is 36.7 Å². The molecule has 0 saturated carbocycles. The molecule has 130 valence electrons. The highest BCUT2D eigenvalue weighted by Gasteiger charge is 2.28. The second-order valence-corrected chi connectivity index (χ2v) is 6.63. The van der Waals surface area contributed by atoms with Gasteiger partial charge in [-0.3, -0.25) is 4.79 Å². The van der Waals surface area contributed by atoms with Gasteiger partial charge in [0.15, 0.2) is 6.10 Å². The van der Waals surface area contributed by atoms with E-state index in [4.69, 9.17) is 4.74 Å². The molecule has 1 amide bonds. The number of aromatic nitrogens is 2. The molecule has 3 rings (SSSR count). The first-order valence-corrected chi connectivity index (χ1v) is 8.54. The number of rotatable bonds is 5. The third-order valence-corrected chi connectivity index (χ3v) is 4.41. The number of imidazole rings is 1. The highest BCUT2D eigenvalue weighted by Crippen LogP contribution is 2.21. The molecule has 2 aromatic rings. The maximum Gasteiger partial charge on any atom is 0.261 e. The van der Waals surface area contributed by atoms with Crippen LogP contribution in [-0.2, 0) is 17.8 Å². The molecular weight excluding hydrogens is 316 g/mol. The lowest BCUT2D eigenvalue weighted by molar-refractivity contribution is -0.130. The van der Waals surface area contributed by atoms with Crippen molar-refractivity contribution in [1.82, 2.24) is 14.9 Å². The van der Waals surface area contributed by atoms with E-state index in [9.17, 15) is 10.1 Å². The number of nitrogens with zero attached hydrogens (tertiary/aromatic N) is 3. The van der Waals surface area contributed by atoms with Crippen LogP contribution in [0.1, 0.15) is 31.7 Å². The standard InChI is InChI=1S/C19H22N4O2/c1-13(2)18(25-16-6-4-3-5-14(16)11-20)19(24)22-15-7-8-17-21-9-10-23(17)12-15/h3-6,9-10,13,15,18H,7-8,12H2,1-2H3,(H,22,24). The zero-order chi connectivity index (χ0) is 17.8. The van der Waals surface area contributed by atoms with Gasteiger partial charge in [-0.2, -0.15) is 5.26 Å². The largest absolute Gasteiger partial charge is 0.479 e. The second-order valence-electron chi connectivity index (χ2n) is 6.63. The summed E-state index contributed by atoms with van der Waals surface area (Å²) in [6.45, 7) is 4.60. The first-order valence-electron chi connectivity index (χ1n) is 8.54. The lowest BCUT2D eigenvalue weighted by atomic mass is 10.0. The summed E-state index contributed by atoms with van der Waals surface area (Å²) in [4.78, 5) is 17.1. The summed E-state index contributed by atoms with van der Waals surface area (Å²) in [5.74, 6) is 1.35. The van der Waals surface area contributed by atoms with Gasteiger partial charge in [-0.15, -0.1) is 0 Å². The molecule has 0 aliphatic carbocycles. The topological polar surface area (TPSA) is 79.9 Å². The van der Waals surface area contributed by atoms with Crippen molar-refractivity contribution in [3.63, 3.8) is 0 Å². The number of nitriles is 1. The molecule has 2 heterocycles. The van der Waals surface area contributed by atoms with Gasteiger partial charge in [0.25, 0.3) is 5.91 Å². The Morgan fingerprint density at radius 3 is 3.00 bits per heavy atom. The van der Waals surface area contributed by atoms with Crippen LogP contribution in [0, 0.1) is 17.2 Å². The van der Waals surface area contributed by atoms with Gasteiger partial charge >= 0.3 is 0 Å². The smallest absolute Gasteiger partial charge is 0.261 e. The number of fused-ring (bicyclic) bond motifs is 1. The summed E-state index contributed by atoms with van der Waals surface area (Å²) in [5.41, 5.74) is 0.432. The van der Waals surface area contributed by atoms with E-state index in [1.165, 1.54) is 0 Å². The van der Waals surface area contributed by atoms with Gasteiger partial charge in [-0.25, -0.2) is 4.98 Å². The number of hydrogen-bond donors (Lipinski definition) is 1. The number of carbonyl (C=O) groups excluding carboxylic acids is 1. The summed E-state index contributed by atoms with van der Waals surface area (Å²) < 4.78 is 7.98. The SMILES string of the molecule is CC(C)C(Oc1ccccc1C#N)C(=O)NC1CCc2nccn2C1. The third kappa shape index (κ3) is 3.82. The van der Waals surface area contributed by atoms with Crippen molar-refractivity contribution in [3.05, 3.63) is 48.0 Å². The molecule has 1 aliphatic rings. The summed E-state index contributed by atoms with van der Waals surface area (Å²) >= 11 is 0. The highest BCUT2D eigenvalue weighted by molar-refractivity contribution is 5.81. The predicted octanol–water partition coefficient (Wildman–Crippen LogP) is 2.29. The average Bonchev–Trinajstić information content (AvgIpc) is 3.07. The number of benzene rings is 1. The molecule has 2 atom stereocenters. The van der Waals surface area contributed by atoms with Gasteiger partial charge < -0.3 is 14.6 Å². The fraction of sp³-hybridized carbons (Fsp3) is 0.421. The van der Waals surface area contributed by atoms with Crippen molar-refractivity contribution in [3.8, 4) is 11.8 Å². The van der Waals surface area contributed by atoms with Crippen LogP contribution in [0.5, 0.6) is 5.75 Å². The first-order chi connectivity index (χ1) is 12.1. The molecule has 0 saturated heterocycles. The Labute approximate surface area is 147 Å². The van der Waals surface area contributed by atoms with E-state index in [0.717, 1.165) is 25.2 Å². The van der Waals surface area contributed by atoms with Gasteiger partial charge in [0.05, 0.1) is 5.56 Å². The number of ether oxygens (including phenoxy) is 1. The Hall–Kier alpha value is -2.81. The van der Waals surface area contributed by atoms with Crippen molar-refractivity contribution in [2.75, 3.05) is 0 Å². The lowest BCUT2D eigenvalue weighted by Crippen LogP contribution is -2.48. The van der Waals surface area contributed by atoms with Crippen LogP contribution < -0.4 is 10.1 Å². The molecule has 1 aromatic carbocycles. The quantitative estimate of drug-likeness (QED) is 0.907. The molecule has 2 unspecified atom stereocenters. The second kappa shape index (κ2) is 7.39. The lowest BCUT2D eigenvalue weighted by Gasteiger charge is -2.28.